The second-order valence-electron chi connectivity index (χ2n) is 12.9. The summed E-state index contributed by atoms with van der Waals surface area (Å²) < 4.78 is 24.5. The Balaban J connectivity index is 1.91. The summed E-state index contributed by atoms with van der Waals surface area (Å²) in [5.41, 5.74) is 1.35. The van der Waals surface area contributed by atoms with E-state index >= 15 is 0 Å². The van der Waals surface area contributed by atoms with Crippen molar-refractivity contribution in [3.8, 4) is 34.3 Å². The van der Waals surface area contributed by atoms with Crippen LogP contribution < -0.4 is 19.6 Å². The topological polar surface area (TPSA) is 84.6 Å². The monoisotopic (exact) mass is 638 g/mol. The predicted octanol–water partition coefficient (Wildman–Crippen LogP) is 8.30. The minimum atomic E-state index is -0.214. The average molecular weight is 639 g/mol. The van der Waals surface area contributed by atoms with Gasteiger partial charge < -0.3 is 33.5 Å². The first-order chi connectivity index (χ1) is 22.2. The van der Waals surface area contributed by atoms with E-state index in [0.29, 0.717) is 42.5 Å². The summed E-state index contributed by atoms with van der Waals surface area (Å²) in [6, 6.07) is 8.93. The zero-order valence-corrected chi connectivity index (χ0v) is 29.3. The van der Waals surface area contributed by atoms with Crippen LogP contribution in [0.1, 0.15) is 89.5 Å². The molecule has 0 atom stereocenters. The first-order valence-electron chi connectivity index (χ1n) is 17.3. The third-order valence-electron chi connectivity index (χ3n) is 8.28. The fourth-order valence-electron chi connectivity index (χ4n) is 5.64. The maximum absolute atomic E-state index is 13.9. The average Bonchev–Trinajstić information content (AvgIpc) is 3.02. The van der Waals surface area contributed by atoms with Crippen LogP contribution in [0.25, 0.3) is 22.3 Å². The first-order valence-corrected chi connectivity index (χ1v) is 17.3. The quantitative estimate of drug-likeness (QED) is 0.104. The van der Waals surface area contributed by atoms with Gasteiger partial charge in [0.15, 0.2) is 5.43 Å². The predicted molar refractivity (Wildman–Crippen MR) is 189 cm³/mol. The molecule has 0 aliphatic rings. The third-order valence-corrected chi connectivity index (χ3v) is 8.28. The molecule has 2 aromatic carbocycles. The number of fused-ring (bicyclic) bond motifs is 1. The van der Waals surface area contributed by atoms with E-state index in [9.17, 15) is 9.90 Å². The fourth-order valence-corrected chi connectivity index (χ4v) is 5.64. The van der Waals surface area contributed by atoms with E-state index in [0.717, 1.165) is 88.6 Å². The standard InChI is InChI=1S/C38H58N2O6/c1-7-8-9-14-19-32-37(42)36-33(41)26-30(43-6)28-35(36)46-38(32)31-21-20-29(44-24-17-12-10-15-22-39(2)3)27-34(31)45-25-18-13-11-16-23-40(4)5/h20-21,26-28,41H,7-19,22-25H2,1-6H3. The molecule has 1 heterocycles. The van der Waals surface area contributed by atoms with Crippen molar-refractivity contribution in [2.45, 2.75) is 90.4 Å². The van der Waals surface area contributed by atoms with Crippen molar-refractivity contribution in [2.24, 2.45) is 0 Å². The number of benzene rings is 2. The van der Waals surface area contributed by atoms with Crippen LogP contribution in [-0.2, 0) is 6.42 Å². The van der Waals surface area contributed by atoms with Gasteiger partial charge in [0.1, 0.15) is 39.7 Å². The summed E-state index contributed by atoms with van der Waals surface area (Å²) in [4.78, 5) is 18.4. The number of unbranched alkanes of at least 4 members (excludes halogenated alkanes) is 9. The number of nitrogens with zero attached hydrogens (tertiary/aromatic N) is 2. The molecule has 8 heteroatoms. The molecule has 0 unspecified atom stereocenters. The van der Waals surface area contributed by atoms with Crippen LogP contribution in [-0.4, -0.2) is 76.5 Å². The smallest absolute Gasteiger partial charge is 0.200 e. The Labute approximate surface area is 276 Å². The fraction of sp³-hybridized carbons (Fsp3) is 0.605. The Kier molecular flexibility index (Phi) is 16.3. The van der Waals surface area contributed by atoms with E-state index in [1.807, 2.05) is 18.2 Å². The van der Waals surface area contributed by atoms with Crippen molar-refractivity contribution in [3.63, 3.8) is 0 Å². The summed E-state index contributed by atoms with van der Waals surface area (Å²) in [7, 11) is 9.95. The van der Waals surface area contributed by atoms with E-state index in [1.54, 1.807) is 6.07 Å². The number of hydrogen-bond donors (Lipinski definition) is 1. The molecule has 0 saturated heterocycles. The zero-order valence-electron chi connectivity index (χ0n) is 29.3. The lowest BCUT2D eigenvalue weighted by Gasteiger charge is -2.17. The molecule has 1 aromatic heterocycles. The number of phenolic OH excluding ortho intramolecular Hbond substituents is 1. The molecule has 3 aromatic rings. The van der Waals surface area contributed by atoms with Gasteiger partial charge in [-0.25, -0.2) is 0 Å². The molecule has 46 heavy (non-hydrogen) atoms. The SMILES string of the molecule is CCCCCCc1c(-c2ccc(OCCCCCCN(C)C)cc2OCCCCCCN(C)C)oc2cc(OC)cc(O)c2c1=O. The highest BCUT2D eigenvalue weighted by Crippen LogP contribution is 2.39. The molecule has 0 aliphatic heterocycles. The molecule has 0 saturated carbocycles. The highest BCUT2D eigenvalue weighted by atomic mass is 16.5. The first kappa shape index (κ1) is 37.2. The number of ether oxygens (including phenoxy) is 3. The van der Waals surface area contributed by atoms with E-state index in [2.05, 4.69) is 44.9 Å². The summed E-state index contributed by atoms with van der Waals surface area (Å²) in [5.74, 6) is 2.15. The number of rotatable bonds is 23. The van der Waals surface area contributed by atoms with Crippen molar-refractivity contribution in [2.75, 3.05) is 61.6 Å². The van der Waals surface area contributed by atoms with Crippen molar-refractivity contribution < 1.29 is 23.7 Å². The van der Waals surface area contributed by atoms with Crippen molar-refractivity contribution >= 4 is 11.0 Å². The van der Waals surface area contributed by atoms with Gasteiger partial charge in [-0.1, -0.05) is 51.9 Å². The van der Waals surface area contributed by atoms with Gasteiger partial charge in [0.05, 0.1) is 25.9 Å². The van der Waals surface area contributed by atoms with Gasteiger partial charge in [0, 0.05) is 23.8 Å². The van der Waals surface area contributed by atoms with Crippen LogP contribution in [0.15, 0.2) is 39.5 Å². The van der Waals surface area contributed by atoms with Crippen molar-refractivity contribution in [1.29, 1.82) is 0 Å². The number of hydrogen-bond acceptors (Lipinski definition) is 8. The molecular weight excluding hydrogens is 580 g/mol. The van der Waals surface area contributed by atoms with Crippen molar-refractivity contribution in [3.05, 3.63) is 46.1 Å². The van der Waals surface area contributed by atoms with E-state index in [1.165, 1.54) is 26.0 Å². The molecule has 256 valence electrons. The van der Waals surface area contributed by atoms with Crippen LogP contribution in [0.5, 0.6) is 23.0 Å². The molecule has 0 amide bonds. The van der Waals surface area contributed by atoms with Gasteiger partial charge in [-0.15, -0.1) is 0 Å². The largest absolute Gasteiger partial charge is 0.507 e. The number of aromatic hydroxyl groups is 1. The normalized spacial score (nSPS) is 11.6. The van der Waals surface area contributed by atoms with Gasteiger partial charge >= 0.3 is 0 Å². The van der Waals surface area contributed by atoms with Gasteiger partial charge in [-0.2, -0.15) is 0 Å². The van der Waals surface area contributed by atoms with E-state index in [4.69, 9.17) is 18.6 Å². The van der Waals surface area contributed by atoms with Gasteiger partial charge in [-0.05, 0) is 91.9 Å². The molecular formula is C38H58N2O6. The summed E-state index contributed by atoms with van der Waals surface area (Å²) >= 11 is 0. The lowest BCUT2D eigenvalue weighted by Crippen LogP contribution is -2.13. The molecule has 8 nitrogen and oxygen atoms in total. The zero-order chi connectivity index (χ0) is 33.3. The minimum Gasteiger partial charge on any atom is -0.507 e. The van der Waals surface area contributed by atoms with Crippen molar-refractivity contribution in [1.82, 2.24) is 9.80 Å². The van der Waals surface area contributed by atoms with Gasteiger partial charge in [0.2, 0.25) is 0 Å². The Morgan fingerprint density at radius 1 is 0.739 bits per heavy atom. The van der Waals surface area contributed by atoms with Crippen LogP contribution in [0, 0.1) is 0 Å². The Morgan fingerprint density at radius 3 is 2.00 bits per heavy atom. The molecule has 0 fully saturated rings. The van der Waals surface area contributed by atoms with Crippen LogP contribution in [0.3, 0.4) is 0 Å². The Bertz CT molecular complexity index is 1380. The molecule has 0 radical (unpaired) electrons. The van der Waals surface area contributed by atoms with Crippen LogP contribution >= 0.6 is 0 Å². The van der Waals surface area contributed by atoms with Gasteiger partial charge in [-0.3, -0.25) is 4.79 Å². The Morgan fingerprint density at radius 2 is 1.37 bits per heavy atom. The summed E-state index contributed by atoms with van der Waals surface area (Å²) in [5, 5.41) is 11.0. The molecule has 1 N–H and O–H groups in total. The second kappa shape index (κ2) is 20.1. The molecule has 3 rings (SSSR count). The Hall–Kier alpha value is -3.23. The summed E-state index contributed by atoms with van der Waals surface area (Å²) in [6.07, 6.45) is 13.4. The minimum absolute atomic E-state index is 0.138. The number of phenols is 1. The number of methoxy groups -OCH3 is 1. The lowest BCUT2D eigenvalue weighted by molar-refractivity contribution is 0.288. The molecule has 0 aliphatic carbocycles. The second-order valence-corrected chi connectivity index (χ2v) is 12.9. The molecule has 0 spiro atoms. The van der Waals surface area contributed by atoms with Crippen LogP contribution in [0.2, 0.25) is 0 Å². The highest BCUT2D eigenvalue weighted by molar-refractivity contribution is 5.88. The molecule has 0 bridgehead atoms. The maximum Gasteiger partial charge on any atom is 0.200 e. The maximum atomic E-state index is 13.9. The van der Waals surface area contributed by atoms with E-state index < -0.39 is 0 Å². The van der Waals surface area contributed by atoms with E-state index in [-0.39, 0.29) is 22.1 Å². The van der Waals surface area contributed by atoms with Gasteiger partial charge in [0.25, 0.3) is 0 Å². The highest BCUT2D eigenvalue weighted by Gasteiger charge is 2.22. The third kappa shape index (κ3) is 11.8. The van der Waals surface area contributed by atoms with Crippen LogP contribution in [0.4, 0.5) is 0 Å². The summed E-state index contributed by atoms with van der Waals surface area (Å²) in [6.45, 7) is 5.56. The lowest BCUT2D eigenvalue weighted by atomic mass is 9.98.